The highest BCUT2D eigenvalue weighted by Crippen LogP contribution is 2.27. The molecule has 0 saturated heterocycles. The normalized spacial score (nSPS) is 15.1. The molecule has 1 aromatic rings. The molecule has 1 aliphatic carbocycles. The van der Waals surface area contributed by atoms with Gasteiger partial charge < -0.3 is 0 Å². The fraction of sp³-hybridized carbons (Fsp3) is 0.273. The Hall–Kier alpha value is -0.490. The lowest BCUT2D eigenvalue weighted by Gasteiger charge is -1.89. The van der Waals surface area contributed by atoms with E-state index < -0.39 is 0 Å². The molecule has 1 fully saturated rings. The second-order valence-corrected chi connectivity index (χ2v) is 4.30. The quantitative estimate of drug-likeness (QED) is 0.501. The zero-order chi connectivity index (χ0) is 8.39. The van der Waals surface area contributed by atoms with Gasteiger partial charge >= 0.3 is 0 Å². The van der Waals surface area contributed by atoms with Gasteiger partial charge in [-0.15, -0.1) is 0 Å². The molecule has 60 valence electrons. The maximum Gasteiger partial charge on any atom is 0.0246 e. The molecule has 0 bridgehead atoms. The van der Waals surface area contributed by atoms with Crippen molar-refractivity contribution in [1.29, 1.82) is 0 Å². The highest BCUT2D eigenvalue weighted by Gasteiger charge is 2.17. The first-order valence-corrected chi connectivity index (χ1v) is 5.19. The molecule has 1 aromatic carbocycles. The number of hydrogen-bond donors (Lipinski definition) is 0. The summed E-state index contributed by atoms with van der Waals surface area (Å²) in [7, 11) is 0. The van der Waals surface area contributed by atoms with Gasteiger partial charge in [0.2, 0.25) is 0 Å². The number of hydrogen-bond acceptors (Lipinski definition) is 0. The predicted molar refractivity (Wildman–Crippen MR) is 58.8 cm³/mol. The maximum atomic E-state index is 3.24. The van der Waals surface area contributed by atoms with Crippen molar-refractivity contribution < 1.29 is 0 Å². The van der Waals surface area contributed by atoms with E-state index in [2.05, 4.69) is 58.7 Å². The minimum Gasteiger partial charge on any atom is -0.0945 e. The molecule has 2 rings (SSSR count). The van der Waals surface area contributed by atoms with E-state index in [1.165, 1.54) is 16.4 Å². The molecular formula is C11H9I. The lowest BCUT2D eigenvalue weighted by atomic mass is 10.2. The second-order valence-electron chi connectivity index (χ2n) is 3.05. The van der Waals surface area contributed by atoms with Crippen LogP contribution < -0.4 is 0 Å². The van der Waals surface area contributed by atoms with Crippen LogP contribution in [0.2, 0.25) is 0 Å². The Kier molecular flexibility index (Phi) is 2.36. The van der Waals surface area contributed by atoms with E-state index in [4.69, 9.17) is 0 Å². The Morgan fingerprint density at radius 2 is 1.83 bits per heavy atom. The van der Waals surface area contributed by atoms with E-state index in [0.29, 0.717) is 5.92 Å². The highest BCUT2D eigenvalue weighted by atomic mass is 127. The van der Waals surface area contributed by atoms with Gasteiger partial charge in [-0.05, 0) is 59.7 Å². The molecule has 0 spiro atoms. The van der Waals surface area contributed by atoms with Gasteiger partial charge in [0.05, 0.1) is 0 Å². The Bertz CT molecular complexity index is 322. The van der Waals surface area contributed by atoms with Crippen molar-refractivity contribution in [3.05, 3.63) is 33.4 Å². The lowest BCUT2D eigenvalue weighted by Crippen LogP contribution is -1.74. The maximum absolute atomic E-state index is 3.24. The van der Waals surface area contributed by atoms with Crippen molar-refractivity contribution in [3.63, 3.8) is 0 Å². The molecule has 0 unspecified atom stereocenters. The second kappa shape index (κ2) is 3.49. The van der Waals surface area contributed by atoms with Gasteiger partial charge in [-0.25, -0.2) is 0 Å². The molecular weight excluding hydrogens is 259 g/mol. The molecule has 12 heavy (non-hydrogen) atoms. The van der Waals surface area contributed by atoms with Gasteiger partial charge in [0.1, 0.15) is 0 Å². The summed E-state index contributed by atoms with van der Waals surface area (Å²) in [6.45, 7) is 0. The van der Waals surface area contributed by atoms with Crippen LogP contribution in [-0.2, 0) is 0 Å². The average molecular weight is 268 g/mol. The fourth-order valence-corrected chi connectivity index (χ4v) is 1.31. The zero-order valence-corrected chi connectivity index (χ0v) is 8.84. The van der Waals surface area contributed by atoms with Crippen LogP contribution in [-0.4, -0.2) is 0 Å². The van der Waals surface area contributed by atoms with E-state index in [9.17, 15) is 0 Å². The monoisotopic (exact) mass is 268 g/mol. The van der Waals surface area contributed by atoms with Crippen LogP contribution in [0.4, 0.5) is 0 Å². The van der Waals surface area contributed by atoms with Gasteiger partial charge in [-0.2, -0.15) is 0 Å². The number of halogens is 1. The van der Waals surface area contributed by atoms with Crippen LogP contribution in [0.3, 0.4) is 0 Å². The van der Waals surface area contributed by atoms with Gasteiger partial charge in [0.25, 0.3) is 0 Å². The zero-order valence-electron chi connectivity index (χ0n) is 6.68. The Morgan fingerprint density at radius 3 is 2.42 bits per heavy atom. The van der Waals surface area contributed by atoms with E-state index in [0.717, 1.165) is 5.56 Å². The largest absolute Gasteiger partial charge is 0.0945 e. The molecule has 0 radical (unpaired) electrons. The Balaban J connectivity index is 2.13. The number of rotatable bonds is 0. The van der Waals surface area contributed by atoms with Crippen LogP contribution in [0.5, 0.6) is 0 Å². The summed E-state index contributed by atoms with van der Waals surface area (Å²) in [5, 5.41) is 0. The third-order valence-electron chi connectivity index (χ3n) is 1.84. The summed E-state index contributed by atoms with van der Waals surface area (Å²) in [6.07, 6.45) is 2.61. The molecule has 0 aliphatic heterocycles. The van der Waals surface area contributed by atoms with Gasteiger partial charge in [-0.3, -0.25) is 0 Å². The topological polar surface area (TPSA) is 0 Å². The molecule has 1 saturated carbocycles. The summed E-state index contributed by atoms with van der Waals surface area (Å²) in [4.78, 5) is 0. The van der Waals surface area contributed by atoms with Gasteiger partial charge in [-0.1, -0.05) is 11.8 Å². The molecule has 1 aliphatic rings. The van der Waals surface area contributed by atoms with Crippen molar-refractivity contribution in [2.45, 2.75) is 12.8 Å². The SMILES string of the molecule is Ic1ccc(C#CC2CC2)cc1. The molecule has 1 heteroatoms. The van der Waals surface area contributed by atoms with E-state index in [-0.39, 0.29) is 0 Å². The first-order chi connectivity index (χ1) is 5.84. The van der Waals surface area contributed by atoms with Crippen LogP contribution in [0, 0.1) is 21.3 Å². The van der Waals surface area contributed by atoms with Crippen molar-refractivity contribution in [2.24, 2.45) is 5.92 Å². The fourth-order valence-electron chi connectivity index (χ4n) is 0.946. The summed E-state index contributed by atoms with van der Waals surface area (Å²) in [5.74, 6) is 7.12. The first-order valence-electron chi connectivity index (χ1n) is 4.12. The molecule has 0 amide bonds. The van der Waals surface area contributed by atoms with E-state index in [1.54, 1.807) is 0 Å². The minimum atomic E-state index is 0.698. The third kappa shape index (κ3) is 2.25. The molecule has 0 N–H and O–H groups in total. The van der Waals surface area contributed by atoms with Gasteiger partial charge in [0.15, 0.2) is 0 Å². The third-order valence-corrected chi connectivity index (χ3v) is 2.56. The van der Waals surface area contributed by atoms with Crippen LogP contribution in [0.1, 0.15) is 18.4 Å². The van der Waals surface area contributed by atoms with Crippen LogP contribution in [0.25, 0.3) is 0 Å². The van der Waals surface area contributed by atoms with E-state index >= 15 is 0 Å². The standard InChI is InChI=1S/C11H9I/c12-11-7-5-10(6-8-11)4-3-9-1-2-9/h5-9H,1-2H2. The molecule has 0 atom stereocenters. The first kappa shape index (κ1) is 8.12. The Morgan fingerprint density at radius 1 is 1.17 bits per heavy atom. The molecule has 0 heterocycles. The van der Waals surface area contributed by atoms with Crippen molar-refractivity contribution in [3.8, 4) is 11.8 Å². The number of benzene rings is 1. The summed E-state index contributed by atoms with van der Waals surface area (Å²) >= 11 is 2.30. The van der Waals surface area contributed by atoms with Crippen molar-refractivity contribution >= 4 is 22.6 Å². The van der Waals surface area contributed by atoms with Crippen molar-refractivity contribution in [1.82, 2.24) is 0 Å². The minimum absolute atomic E-state index is 0.698. The van der Waals surface area contributed by atoms with Crippen LogP contribution in [0.15, 0.2) is 24.3 Å². The summed E-state index contributed by atoms with van der Waals surface area (Å²) < 4.78 is 1.27. The smallest absolute Gasteiger partial charge is 0.0246 e. The summed E-state index contributed by atoms with van der Waals surface area (Å²) in [6, 6.07) is 8.35. The van der Waals surface area contributed by atoms with E-state index in [1.807, 2.05) is 0 Å². The Labute approximate surface area is 86.5 Å². The highest BCUT2D eigenvalue weighted by molar-refractivity contribution is 14.1. The summed E-state index contributed by atoms with van der Waals surface area (Å²) in [5.41, 5.74) is 1.14. The van der Waals surface area contributed by atoms with Crippen molar-refractivity contribution in [2.75, 3.05) is 0 Å². The van der Waals surface area contributed by atoms with Crippen LogP contribution >= 0.6 is 22.6 Å². The average Bonchev–Trinajstić information content (AvgIpc) is 2.87. The predicted octanol–water partition coefficient (Wildman–Crippen LogP) is 3.05. The lowest BCUT2D eigenvalue weighted by molar-refractivity contribution is 1.18. The molecule has 0 aromatic heterocycles. The molecule has 0 nitrogen and oxygen atoms in total. The van der Waals surface area contributed by atoms with Gasteiger partial charge in [0, 0.05) is 15.1 Å².